The first kappa shape index (κ1) is 21.7. The predicted molar refractivity (Wildman–Crippen MR) is 135 cm³/mol. The van der Waals surface area contributed by atoms with Gasteiger partial charge in [-0.25, -0.2) is 9.98 Å². The standard InChI is InChI=1S/C25H23BrClN5O2/c1-2-30-23(33)20-22(32-14-18(28-25(30)32)11-15-6-4-3-5-7-15)29-24(26)31(20)13-16-10-17-8-9-34-21(17)19(27)12-16/h3-7,10,12,18H,2,8-9,11,13-14H2,1H3. The highest BCUT2D eigenvalue weighted by atomic mass is 79.9. The lowest BCUT2D eigenvalue weighted by Crippen LogP contribution is -2.50. The molecule has 0 spiro atoms. The second-order valence-electron chi connectivity index (χ2n) is 8.74. The van der Waals surface area contributed by atoms with Crippen LogP contribution >= 0.6 is 27.5 Å². The summed E-state index contributed by atoms with van der Waals surface area (Å²) in [5.41, 5.74) is 3.91. The van der Waals surface area contributed by atoms with Gasteiger partial charge in [0, 0.05) is 13.0 Å². The van der Waals surface area contributed by atoms with E-state index < -0.39 is 0 Å². The van der Waals surface area contributed by atoms with Gasteiger partial charge in [0.05, 0.1) is 30.8 Å². The SMILES string of the molecule is CCN1C(=O)c2c(nc(Br)n2Cc2cc(Cl)c3c(c2)CCO3)N2CC(Cc3ccccc3)N=C12. The van der Waals surface area contributed by atoms with Crippen molar-refractivity contribution in [2.75, 3.05) is 24.6 Å². The third kappa shape index (κ3) is 3.51. The van der Waals surface area contributed by atoms with Crippen LogP contribution < -0.4 is 9.64 Å². The molecule has 0 fully saturated rings. The molecule has 6 rings (SSSR count). The Labute approximate surface area is 211 Å². The van der Waals surface area contributed by atoms with E-state index in [0.29, 0.717) is 53.5 Å². The van der Waals surface area contributed by atoms with Crippen LogP contribution in [0.25, 0.3) is 0 Å². The molecular weight excluding hydrogens is 518 g/mol. The molecule has 1 unspecified atom stereocenters. The first-order valence-electron chi connectivity index (χ1n) is 11.4. The summed E-state index contributed by atoms with van der Waals surface area (Å²) in [5, 5.41) is 0.606. The Morgan fingerprint density at radius 1 is 1.21 bits per heavy atom. The zero-order valence-electron chi connectivity index (χ0n) is 18.7. The van der Waals surface area contributed by atoms with Gasteiger partial charge in [-0.1, -0.05) is 48.0 Å². The molecule has 3 aliphatic rings. The van der Waals surface area contributed by atoms with E-state index >= 15 is 0 Å². The average Bonchev–Trinajstić information content (AvgIpc) is 3.53. The quantitative estimate of drug-likeness (QED) is 0.477. The molecule has 3 aliphatic heterocycles. The predicted octanol–water partition coefficient (Wildman–Crippen LogP) is 4.55. The summed E-state index contributed by atoms with van der Waals surface area (Å²) in [6, 6.07) is 14.4. The van der Waals surface area contributed by atoms with Crippen molar-refractivity contribution >= 4 is 45.2 Å². The van der Waals surface area contributed by atoms with Gasteiger partial charge in [-0.3, -0.25) is 14.6 Å². The molecule has 1 amide bonds. The smallest absolute Gasteiger partial charge is 0.281 e. The van der Waals surface area contributed by atoms with E-state index in [-0.39, 0.29) is 11.9 Å². The minimum atomic E-state index is -0.0818. The first-order valence-corrected chi connectivity index (χ1v) is 12.6. The molecule has 0 bridgehead atoms. The molecule has 174 valence electrons. The number of hydrogen-bond acceptors (Lipinski definition) is 5. The monoisotopic (exact) mass is 539 g/mol. The summed E-state index contributed by atoms with van der Waals surface area (Å²) in [6.07, 6.45) is 1.66. The fourth-order valence-electron chi connectivity index (χ4n) is 5.02. The third-order valence-electron chi connectivity index (χ3n) is 6.55. The van der Waals surface area contributed by atoms with E-state index in [0.717, 1.165) is 29.7 Å². The number of aromatic nitrogens is 2. The molecular formula is C25H23BrClN5O2. The minimum Gasteiger partial charge on any atom is -0.491 e. The number of carbonyl (C=O) groups excluding carboxylic acids is 1. The normalized spacial score (nSPS) is 18.5. The van der Waals surface area contributed by atoms with Gasteiger partial charge in [0.2, 0.25) is 5.96 Å². The van der Waals surface area contributed by atoms with Gasteiger partial charge in [-0.2, -0.15) is 0 Å². The highest BCUT2D eigenvalue weighted by Crippen LogP contribution is 2.37. The molecule has 0 N–H and O–H groups in total. The number of nitrogens with zero attached hydrogens (tertiary/aromatic N) is 5. The number of halogens is 2. The molecule has 0 radical (unpaired) electrons. The number of hydrogen-bond donors (Lipinski definition) is 0. The maximum Gasteiger partial charge on any atom is 0.281 e. The number of ether oxygens (including phenoxy) is 1. The van der Waals surface area contributed by atoms with Crippen LogP contribution in [0.15, 0.2) is 52.2 Å². The number of fused-ring (bicyclic) bond motifs is 4. The molecule has 0 saturated carbocycles. The summed E-state index contributed by atoms with van der Waals surface area (Å²) in [5.74, 6) is 2.04. The van der Waals surface area contributed by atoms with E-state index in [4.69, 9.17) is 26.3 Å². The van der Waals surface area contributed by atoms with Crippen molar-refractivity contribution in [1.29, 1.82) is 0 Å². The van der Waals surface area contributed by atoms with Gasteiger partial charge in [0.1, 0.15) is 5.75 Å². The molecule has 2 aromatic carbocycles. The van der Waals surface area contributed by atoms with Crippen molar-refractivity contribution in [3.63, 3.8) is 0 Å². The van der Waals surface area contributed by atoms with E-state index in [1.54, 1.807) is 4.90 Å². The molecule has 0 aliphatic carbocycles. The Morgan fingerprint density at radius 3 is 2.82 bits per heavy atom. The van der Waals surface area contributed by atoms with Crippen molar-refractivity contribution in [3.05, 3.63) is 74.6 Å². The van der Waals surface area contributed by atoms with E-state index in [9.17, 15) is 4.79 Å². The lowest BCUT2D eigenvalue weighted by Gasteiger charge is -2.33. The maximum atomic E-state index is 13.6. The molecule has 9 heteroatoms. The minimum absolute atomic E-state index is 0.0599. The summed E-state index contributed by atoms with van der Waals surface area (Å²) in [4.78, 5) is 27.2. The van der Waals surface area contributed by atoms with Crippen molar-refractivity contribution in [2.24, 2.45) is 4.99 Å². The lowest BCUT2D eigenvalue weighted by molar-refractivity contribution is 0.0836. The van der Waals surface area contributed by atoms with Crippen molar-refractivity contribution in [1.82, 2.24) is 14.5 Å². The first-order chi connectivity index (χ1) is 16.5. The number of anilines is 1. The fourth-order valence-corrected chi connectivity index (χ4v) is 5.80. The van der Waals surface area contributed by atoms with E-state index in [1.807, 2.05) is 35.8 Å². The number of imidazole rings is 1. The third-order valence-corrected chi connectivity index (χ3v) is 7.44. The second-order valence-corrected chi connectivity index (χ2v) is 9.85. The number of amides is 1. The van der Waals surface area contributed by atoms with E-state index in [1.165, 1.54) is 5.56 Å². The number of guanidine groups is 1. The Hall–Kier alpha value is -2.84. The summed E-state index contributed by atoms with van der Waals surface area (Å²) < 4.78 is 8.18. The van der Waals surface area contributed by atoms with Crippen molar-refractivity contribution < 1.29 is 9.53 Å². The van der Waals surface area contributed by atoms with Crippen LogP contribution in [0.3, 0.4) is 0 Å². The Kier molecular flexibility index (Phi) is 5.37. The number of benzene rings is 2. The number of carbonyl (C=O) groups is 1. The van der Waals surface area contributed by atoms with Crippen LogP contribution in [-0.2, 0) is 19.4 Å². The molecule has 34 heavy (non-hydrogen) atoms. The molecule has 0 saturated heterocycles. The van der Waals surface area contributed by atoms with Crippen LogP contribution in [0.5, 0.6) is 5.75 Å². The fraction of sp³-hybridized carbons (Fsp3) is 0.320. The largest absolute Gasteiger partial charge is 0.491 e. The second kappa shape index (κ2) is 8.43. The average molecular weight is 541 g/mol. The Bertz CT molecular complexity index is 1320. The van der Waals surface area contributed by atoms with Gasteiger partial charge in [-0.15, -0.1) is 0 Å². The topological polar surface area (TPSA) is 63.0 Å². The molecule has 3 aromatic rings. The molecule has 4 heterocycles. The number of aliphatic imine (C=N–C) groups is 1. The molecule has 1 aromatic heterocycles. The van der Waals surface area contributed by atoms with Gasteiger partial charge < -0.3 is 9.30 Å². The summed E-state index contributed by atoms with van der Waals surface area (Å²) in [6.45, 7) is 4.33. The van der Waals surface area contributed by atoms with Gasteiger partial charge in [-0.05, 0) is 52.0 Å². The Morgan fingerprint density at radius 2 is 2.03 bits per heavy atom. The Balaban J connectivity index is 1.35. The zero-order valence-corrected chi connectivity index (χ0v) is 21.0. The van der Waals surface area contributed by atoms with Crippen molar-refractivity contribution in [3.8, 4) is 5.75 Å². The highest BCUT2D eigenvalue weighted by Gasteiger charge is 2.43. The van der Waals surface area contributed by atoms with Gasteiger partial charge in [0.25, 0.3) is 5.91 Å². The van der Waals surface area contributed by atoms with Gasteiger partial charge >= 0.3 is 0 Å². The zero-order chi connectivity index (χ0) is 23.4. The summed E-state index contributed by atoms with van der Waals surface area (Å²) in [7, 11) is 0. The molecule has 1 atom stereocenters. The van der Waals surface area contributed by atoms with Crippen LogP contribution in [0.4, 0.5) is 5.82 Å². The van der Waals surface area contributed by atoms with Crippen LogP contribution in [0, 0.1) is 0 Å². The molecule has 7 nitrogen and oxygen atoms in total. The van der Waals surface area contributed by atoms with Gasteiger partial charge in [0.15, 0.2) is 16.2 Å². The lowest BCUT2D eigenvalue weighted by atomic mass is 10.1. The number of rotatable bonds is 5. The highest BCUT2D eigenvalue weighted by molar-refractivity contribution is 9.10. The van der Waals surface area contributed by atoms with Crippen LogP contribution in [0.1, 0.15) is 34.1 Å². The van der Waals surface area contributed by atoms with E-state index in [2.05, 4.69) is 39.0 Å². The van der Waals surface area contributed by atoms with Crippen LogP contribution in [-0.4, -0.2) is 52.1 Å². The maximum absolute atomic E-state index is 13.6. The van der Waals surface area contributed by atoms with Crippen LogP contribution in [0.2, 0.25) is 5.02 Å². The summed E-state index contributed by atoms with van der Waals surface area (Å²) >= 11 is 10.1. The van der Waals surface area contributed by atoms with Crippen molar-refractivity contribution in [2.45, 2.75) is 32.4 Å².